The minimum absolute atomic E-state index is 0.0754. The highest BCUT2D eigenvalue weighted by Crippen LogP contribution is 2.40. The van der Waals surface area contributed by atoms with Crippen LogP contribution in [0.15, 0.2) is 24.8 Å². The van der Waals surface area contributed by atoms with Crippen molar-refractivity contribution in [3.05, 3.63) is 40.4 Å². The average Bonchev–Trinajstić information content (AvgIpc) is 3.12. The molecule has 2 aromatic heterocycles. The third-order valence-electron chi connectivity index (χ3n) is 3.82. The molecule has 1 atom stereocenters. The molecule has 0 aliphatic heterocycles. The lowest BCUT2D eigenvalue weighted by atomic mass is 10.0. The van der Waals surface area contributed by atoms with Crippen molar-refractivity contribution in [3.63, 3.8) is 0 Å². The maximum absolute atomic E-state index is 6.53. The number of imidazole rings is 1. The van der Waals surface area contributed by atoms with E-state index >= 15 is 0 Å². The molecule has 0 N–H and O–H groups in total. The van der Waals surface area contributed by atoms with Crippen LogP contribution in [0.2, 0.25) is 10.0 Å². The Morgan fingerprint density at radius 1 is 1.17 bits per heavy atom. The van der Waals surface area contributed by atoms with Gasteiger partial charge in [0.15, 0.2) is 0 Å². The lowest BCUT2D eigenvalue weighted by molar-refractivity contribution is 0.334. The number of methoxy groups -OCH3 is 2. The zero-order valence-corrected chi connectivity index (χ0v) is 15.0. The number of fused-ring (bicyclic) bond motifs is 1. The predicted octanol–water partition coefficient (Wildman–Crippen LogP) is 4.15. The van der Waals surface area contributed by atoms with Crippen LogP contribution in [0.5, 0.6) is 11.8 Å². The summed E-state index contributed by atoms with van der Waals surface area (Å²) in [6, 6.07) is 1.60. The second kappa shape index (κ2) is 6.83. The molecule has 6 nitrogen and oxygen atoms in total. The van der Waals surface area contributed by atoms with E-state index in [0.717, 1.165) is 12.0 Å². The molecule has 2 heterocycles. The molecule has 126 valence electrons. The Bertz CT molecular complexity index is 868. The Morgan fingerprint density at radius 2 is 1.88 bits per heavy atom. The third kappa shape index (κ3) is 2.76. The summed E-state index contributed by atoms with van der Waals surface area (Å²) in [6.45, 7) is 2.06. The zero-order valence-electron chi connectivity index (χ0n) is 13.5. The summed E-state index contributed by atoms with van der Waals surface area (Å²) in [5.41, 5.74) is 2.01. The number of benzene rings is 1. The van der Waals surface area contributed by atoms with Crippen molar-refractivity contribution in [1.29, 1.82) is 0 Å². The summed E-state index contributed by atoms with van der Waals surface area (Å²) in [5, 5.41) is 0.866. The molecule has 0 saturated heterocycles. The molecular formula is C16H16Cl2N4O2. The van der Waals surface area contributed by atoms with E-state index in [1.807, 2.05) is 10.8 Å². The van der Waals surface area contributed by atoms with Gasteiger partial charge in [0.2, 0.25) is 0 Å². The predicted molar refractivity (Wildman–Crippen MR) is 93.3 cm³/mol. The molecule has 0 fully saturated rings. The minimum Gasteiger partial charge on any atom is -0.477 e. The third-order valence-corrected chi connectivity index (χ3v) is 4.62. The van der Waals surface area contributed by atoms with Crippen LogP contribution in [0.4, 0.5) is 0 Å². The molecule has 1 unspecified atom stereocenters. The van der Waals surface area contributed by atoms with E-state index in [4.69, 9.17) is 32.7 Å². The van der Waals surface area contributed by atoms with Crippen LogP contribution >= 0.6 is 23.2 Å². The number of ether oxygens (including phenoxy) is 2. The van der Waals surface area contributed by atoms with Gasteiger partial charge >= 0.3 is 0 Å². The van der Waals surface area contributed by atoms with Gasteiger partial charge in [0.1, 0.15) is 0 Å². The first-order chi connectivity index (χ1) is 11.6. The van der Waals surface area contributed by atoms with Crippen molar-refractivity contribution >= 4 is 34.2 Å². The van der Waals surface area contributed by atoms with Gasteiger partial charge in [-0.05, 0) is 12.5 Å². The van der Waals surface area contributed by atoms with Gasteiger partial charge in [-0.25, -0.2) is 15.0 Å². The van der Waals surface area contributed by atoms with Crippen molar-refractivity contribution in [2.24, 2.45) is 0 Å². The van der Waals surface area contributed by atoms with Crippen molar-refractivity contribution in [3.8, 4) is 11.8 Å². The highest BCUT2D eigenvalue weighted by Gasteiger charge is 2.23. The van der Waals surface area contributed by atoms with Crippen molar-refractivity contribution in [2.75, 3.05) is 14.2 Å². The molecule has 3 rings (SSSR count). The molecule has 3 aromatic rings. The molecule has 0 aliphatic rings. The number of rotatable bonds is 5. The quantitative estimate of drug-likeness (QED) is 0.678. The highest BCUT2D eigenvalue weighted by molar-refractivity contribution is 6.43. The van der Waals surface area contributed by atoms with Crippen LogP contribution in [0.25, 0.3) is 11.0 Å². The molecule has 0 spiro atoms. The molecule has 0 radical (unpaired) electrons. The minimum atomic E-state index is -0.0754. The van der Waals surface area contributed by atoms with Crippen LogP contribution in [0.3, 0.4) is 0 Å². The van der Waals surface area contributed by atoms with Crippen molar-refractivity contribution in [2.45, 2.75) is 19.4 Å². The van der Waals surface area contributed by atoms with Crippen LogP contribution in [-0.2, 0) is 0 Å². The van der Waals surface area contributed by atoms with E-state index in [1.165, 1.54) is 14.2 Å². The molecule has 1 aromatic carbocycles. The van der Waals surface area contributed by atoms with Gasteiger partial charge in [0.25, 0.3) is 11.8 Å². The van der Waals surface area contributed by atoms with Gasteiger partial charge in [0.05, 0.1) is 47.7 Å². The summed E-state index contributed by atoms with van der Waals surface area (Å²) in [7, 11) is 3.03. The van der Waals surface area contributed by atoms with E-state index in [2.05, 4.69) is 21.9 Å². The smallest absolute Gasteiger partial charge is 0.278 e. The zero-order chi connectivity index (χ0) is 17.3. The van der Waals surface area contributed by atoms with Gasteiger partial charge < -0.3 is 14.0 Å². The molecule has 0 amide bonds. The Morgan fingerprint density at radius 3 is 2.46 bits per heavy atom. The van der Waals surface area contributed by atoms with E-state index in [9.17, 15) is 0 Å². The van der Waals surface area contributed by atoms with Crippen LogP contribution < -0.4 is 9.47 Å². The Balaban J connectivity index is 2.34. The first kappa shape index (κ1) is 16.8. The number of halogens is 2. The lowest BCUT2D eigenvalue weighted by Crippen LogP contribution is -2.11. The summed E-state index contributed by atoms with van der Waals surface area (Å²) >= 11 is 12.9. The van der Waals surface area contributed by atoms with Crippen LogP contribution in [-0.4, -0.2) is 33.7 Å². The SMILES string of the molecule is CCC(c1c(Cl)c(Cl)cc2nc(OC)c(OC)nc12)n1ccnc1. The molecule has 0 saturated carbocycles. The van der Waals surface area contributed by atoms with Crippen LogP contribution in [0, 0.1) is 0 Å². The fourth-order valence-electron chi connectivity index (χ4n) is 2.72. The largest absolute Gasteiger partial charge is 0.477 e. The standard InChI is InChI=1S/C16H16Cl2N4O2/c1-4-11(22-6-5-19-8-22)12-13(18)9(17)7-10-14(12)21-16(24-3)15(20-10)23-2/h5-8,11H,4H2,1-3H3. The Labute approximate surface area is 149 Å². The second-order valence-electron chi connectivity index (χ2n) is 5.13. The van der Waals surface area contributed by atoms with Gasteiger partial charge in [-0.2, -0.15) is 0 Å². The molecule has 24 heavy (non-hydrogen) atoms. The highest BCUT2D eigenvalue weighted by atomic mass is 35.5. The Kier molecular flexibility index (Phi) is 4.78. The molecular weight excluding hydrogens is 351 g/mol. The van der Waals surface area contributed by atoms with Gasteiger partial charge in [-0.15, -0.1) is 0 Å². The summed E-state index contributed by atoms with van der Waals surface area (Å²) in [4.78, 5) is 13.1. The topological polar surface area (TPSA) is 62.1 Å². The summed E-state index contributed by atoms with van der Waals surface area (Å²) in [5.74, 6) is 0.593. The van der Waals surface area contributed by atoms with E-state index in [-0.39, 0.29) is 6.04 Å². The summed E-state index contributed by atoms with van der Waals surface area (Å²) < 4.78 is 12.5. The average molecular weight is 367 g/mol. The first-order valence-electron chi connectivity index (χ1n) is 7.35. The monoisotopic (exact) mass is 366 g/mol. The van der Waals surface area contributed by atoms with Crippen molar-refractivity contribution in [1.82, 2.24) is 19.5 Å². The number of nitrogens with zero attached hydrogens (tertiary/aromatic N) is 4. The maximum atomic E-state index is 6.53. The molecule has 0 bridgehead atoms. The summed E-state index contributed by atoms with van der Waals surface area (Å²) in [6.07, 6.45) is 6.12. The normalized spacial score (nSPS) is 12.4. The molecule has 0 aliphatic carbocycles. The fourth-order valence-corrected chi connectivity index (χ4v) is 3.19. The van der Waals surface area contributed by atoms with Gasteiger partial charge in [-0.3, -0.25) is 0 Å². The number of hydrogen-bond acceptors (Lipinski definition) is 5. The van der Waals surface area contributed by atoms with Crippen LogP contribution in [0.1, 0.15) is 24.9 Å². The second-order valence-corrected chi connectivity index (χ2v) is 5.92. The molecule has 8 heteroatoms. The number of hydrogen-bond donors (Lipinski definition) is 0. The first-order valence-corrected chi connectivity index (χ1v) is 8.11. The van der Waals surface area contributed by atoms with Gasteiger partial charge in [0, 0.05) is 18.0 Å². The Hall–Kier alpha value is -2.05. The lowest BCUT2D eigenvalue weighted by Gasteiger charge is -2.21. The van der Waals surface area contributed by atoms with Crippen molar-refractivity contribution < 1.29 is 9.47 Å². The number of aromatic nitrogens is 4. The van der Waals surface area contributed by atoms with E-state index < -0.39 is 0 Å². The van der Waals surface area contributed by atoms with E-state index in [0.29, 0.717) is 32.8 Å². The maximum Gasteiger partial charge on any atom is 0.278 e. The van der Waals surface area contributed by atoms with E-state index in [1.54, 1.807) is 18.6 Å². The fraction of sp³-hybridized carbons (Fsp3) is 0.312. The van der Waals surface area contributed by atoms with Gasteiger partial charge in [-0.1, -0.05) is 30.1 Å².